The van der Waals surface area contributed by atoms with E-state index in [1.165, 1.54) is 24.4 Å². The first-order valence-corrected chi connectivity index (χ1v) is 6.57. The van der Waals surface area contributed by atoms with Gasteiger partial charge in [0.25, 0.3) is 0 Å². The molecule has 0 radical (unpaired) electrons. The Kier molecular flexibility index (Phi) is 4.65. The van der Waals surface area contributed by atoms with Gasteiger partial charge in [0.15, 0.2) is 5.78 Å². The molecule has 1 N–H and O–H groups in total. The van der Waals surface area contributed by atoms with Crippen LogP contribution in [0.3, 0.4) is 0 Å². The Hall–Kier alpha value is -2.56. The van der Waals surface area contributed by atoms with Crippen molar-refractivity contribution in [2.75, 3.05) is 5.32 Å². The summed E-state index contributed by atoms with van der Waals surface area (Å²) in [5.74, 6) is -0.181. The summed E-state index contributed by atoms with van der Waals surface area (Å²) in [6.45, 7) is 1.93. The Labute approximate surface area is 126 Å². The lowest BCUT2D eigenvalue weighted by Crippen LogP contribution is -2.04. The minimum absolute atomic E-state index is 0.181. The molecule has 0 heterocycles. The number of carbonyl (C=O) groups excluding carboxylic acids is 1. The van der Waals surface area contributed by atoms with E-state index in [9.17, 15) is 18.0 Å². The lowest BCUT2D eigenvalue weighted by atomic mass is 10.1. The Morgan fingerprint density at radius 1 is 1.00 bits per heavy atom. The van der Waals surface area contributed by atoms with Gasteiger partial charge in [0, 0.05) is 23.5 Å². The van der Waals surface area contributed by atoms with E-state index in [4.69, 9.17) is 0 Å². The van der Waals surface area contributed by atoms with Gasteiger partial charge in [0.05, 0.1) is 5.56 Å². The summed E-state index contributed by atoms with van der Waals surface area (Å²) in [6.07, 6.45) is -1.61. The van der Waals surface area contributed by atoms with Gasteiger partial charge in [-0.05, 0) is 31.2 Å². The number of aryl methyl sites for hydroxylation is 1. The molecule has 0 bridgehead atoms. The maximum atomic E-state index is 12.4. The minimum atomic E-state index is -4.35. The Bertz CT molecular complexity index is 671. The zero-order valence-electron chi connectivity index (χ0n) is 11.8. The first-order chi connectivity index (χ1) is 10.4. The predicted molar refractivity (Wildman–Crippen MR) is 79.7 cm³/mol. The zero-order chi connectivity index (χ0) is 16.2. The average molecular weight is 305 g/mol. The molecule has 0 fully saturated rings. The molecule has 2 rings (SSSR count). The van der Waals surface area contributed by atoms with E-state index in [0.717, 1.165) is 17.7 Å². The highest BCUT2D eigenvalue weighted by Crippen LogP contribution is 2.29. The summed E-state index contributed by atoms with van der Waals surface area (Å²) in [5.41, 5.74) is 1.37. The smallest absolute Gasteiger partial charge is 0.362 e. The van der Waals surface area contributed by atoms with Gasteiger partial charge >= 0.3 is 6.18 Å². The molecule has 0 aromatic heterocycles. The van der Waals surface area contributed by atoms with Crippen molar-refractivity contribution in [1.29, 1.82) is 0 Å². The molecule has 0 aliphatic rings. The van der Waals surface area contributed by atoms with Gasteiger partial charge in [-0.15, -0.1) is 0 Å². The molecule has 0 unspecified atom stereocenters. The SMILES string of the molecule is Cc1ccc(C(=O)/C=C/Nc2ccc(C(F)(F)F)cc2)cc1. The van der Waals surface area contributed by atoms with Crippen LogP contribution in [0.4, 0.5) is 18.9 Å². The number of hydrogen-bond acceptors (Lipinski definition) is 2. The molecule has 0 atom stereocenters. The van der Waals surface area contributed by atoms with E-state index >= 15 is 0 Å². The van der Waals surface area contributed by atoms with Crippen molar-refractivity contribution in [1.82, 2.24) is 0 Å². The number of carbonyl (C=O) groups is 1. The first-order valence-electron chi connectivity index (χ1n) is 6.57. The van der Waals surface area contributed by atoms with Crippen LogP contribution in [0.1, 0.15) is 21.5 Å². The van der Waals surface area contributed by atoms with Gasteiger partial charge in [-0.1, -0.05) is 29.8 Å². The summed E-state index contributed by atoms with van der Waals surface area (Å²) in [7, 11) is 0. The fourth-order valence-corrected chi connectivity index (χ4v) is 1.78. The number of anilines is 1. The summed E-state index contributed by atoms with van der Waals surface area (Å²) < 4.78 is 37.2. The van der Waals surface area contributed by atoms with Crippen LogP contribution in [0.15, 0.2) is 60.8 Å². The van der Waals surface area contributed by atoms with Gasteiger partial charge in [-0.25, -0.2) is 0 Å². The van der Waals surface area contributed by atoms with Crippen LogP contribution in [0.2, 0.25) is 0 Å². The van der Waals surface area contributed by atoms with Crippen molar-refractivity contribution in [2.45, 2.75) is 13.1 Å². The minimum Gasteiger partial charge on any atom is -0.362 e. The van der Waals surface area contributed by atoms with Gasteiger partial charge in [0.1, 0.15) is 0 Å². The molecule has 2 aromatic rings. The standard InChI is InChI=1S/C17H14F3NO/c1-12-2-4-13(5-3-12)16(22)10-11-21-15-8-6-14(7-9-15)17(18,19)20/h2-11,21H,1H3/b11-10+. The van der Waals surface area contributed by atoms with Crippen LogP contribution in [0.25, 0.3) is 0 Å². The molecule has 114 valence electrons. The van der Waals surface area contributed by atoms with Crippen LogP contribution < -0.4 is 5.32 Å². The fraction of sp³-hybridized carbons (Fsp3) is 0.118. The summed E-state index contributed by atoms with van der Waals surface area (Å²) in [4.78, 5) is 11.9. The molecule has 0 amide bonds. The van der Waals surface area contributed by atoms with E-state index in [0.29, 0.717) is 11.3 Å². The molecule has 0 aliphatic carbocycles. The number of nitrogens with one attached hydrogen (secondary N) is 1. The molecular formula is C17H14F3NO. The maximum Gasteiger partial charge on any atom is 0.416 e. The lowest BCUT2D eigenvalue weighted by Gasteiger charge is -2.07. The fourth-order valence-electron chi connectivity index (χ4n) is 1.78. The summed E-state index contributed by atoms with van der Waals surface area (Å²) in [6, 6.07) is 11.7. The molecule has 5 heteroatoms. The normalized spacial score (nSPS) is 11.6. The topological polar surface area (TPSA) is 29.1 Å². The van der Waals surface area contributed by atoms with E-state index in [1.54, 1.807) is 12.1 Å². The number of hydrogen-bond donors (Lipinski definition) is 1. The Morgan fingerprint density at radius 3 is 2.14 bits per heavy atom. The van der Waals surface area contributed by atoms with E-state index in [1.807, 2.05) is 19.1 Å². The van der Waals surface area contributed by atoms with Gasteiger partial charge in [-0.2, -0.15) is 13.2 Å². The van der Waals surface area contributed by atoms with Crippen molar-refractivity contribution < 1.29 is 18.0 Å². The van der Waals surface area contributed by atoms with Crippen molar-refractivity contribution in [3.63, 3.8) is 0 Å². The summed E-state index contributed by atoms with van der Waals surface area (Å²) in [5, 5.41) is 2.77. The van der Waals surface area contributed by atoms with Crippen molar-refractivity contribution >= 4 is 11.5 Å². The van der Waals surface area contributed by atoms with Gasteiger partial charge in [0.2, 0.25) is 0 Å². The molecule has 0 saturated heterocycles. The zero-order valence-corrected chi connectivity index (χ0v) is 11.8. The predicted octanol–water partition coefficient (Wildman–Crippen LogP) is 4.82. The summed E-state index contributed by atoms with van der Waals surface area (Å²) >= 11 is 0. The highest BCUT2D eigenvalue weighted by molar-refractivity contribution is 6.04. The third-order valence-corrected chi connectivity index (χ3v) is 3.03. The van der Waals surface area contributed by atoms with Crippen LogP contribution in [-0.2, 0) is 6.18 Å². The third-order valence-electron chi connectivity index (χ3n) is 3.03. The molecule has 22 heavy (non-hydrogen) atoms. The molecule has 2 aromatic carbocycles. The van der Waals surface area contributed by atoms with Crippen LogP contribution in [-0.4, -0.2) is 5.78 Å². The second kappa shape index (κ2) is 6.47. The van der Waals surface area contributed by atoms with Crippen molar-refractivity contribution in [3.8, 4) is 0 Å². The molecular weight excluding hydrogens is 291 g/mol. The highest BCUT2D eigenvalue weighted by atomic mass is 19.4. The largest absolute Gasteiger partial charge is 0.416 e. The number of alkyl halides is 3. The number of allylic oxidation sites excluding steroid dienone is 1. The number of rotatable bonds is 4. The Morgan fingerprint density at radius 2 is 1.59 bits per heavy atom. The molecule has 0 saturated carbocycles. The maximum absolute atomic E-state index is 12.4. The van der Waals surface area contributed by atoms with E-state index in [-0.39, 0.29) is 5.78 Å². The second-order valence-corrected chi connectivity index (χ2v) is 4.78. The quantitative estimate of drug-likeness (QED) is 0.648. The van der Waals surface area contributed by atoms with E-state index < -0.39 is 11.7 Å². The monoisotopic (exact) mass is 305 g/mol. The number of benzene rings is 2. The van der Waals surface area contributed by atoms with Gasteiger partial charge < -0.3 is 5.32 Å². The number of halogens is 3. The Balaban J connectivity index is 1.97. The lowest BCUT2D eigenvalue weighted by molar-refractivity contribution is -0.137. The van der Waals surface area contributed by atoms with Crippen LogP contribution in [0.5, 0.6) is 0 Å². The molecule has 2 nitrogen and oxygen atoms in total. The molecule has 0 spiro atoms. The second-order valence-electron chi connectivity index (χ2n) is 4.78. The highest BCUT2D eigenvalue weighted by Gasteiger charge is 2.29. The molecule has 0 aliphatic heterocycles. The average Bonchev–Trinajstić information content (AvgIpc) is 2.47. The van der Waals surface area contributed by atoms with Crippen molar-refractivity contribution in [2.24, 2.45) is 0 Å². The van der Waals surface area contributed by atoms with E-state index in [2.05, 4.69) is 5.32 Å². The number of ketones is 1. The van der Waals surface area contributed by atoms with Crippen LogP contribution >= 0.6 is 0 Å². The third kappa shape index (κ3) is 4.22. The first kappa shape index (κ1) is 15.8. The van der Waals surface area contributed by atoms with Gasteiger partial charge in [-0.3, -0.25) is 4.79 Å². The van der Waals surface area contributed by atoms with Crippen molar-refractivity contribution in [3.05, 3.63) is 77.5 Å². The van der Waals surface area contributed by atoms with Crippen LogP contribution in [0, 0.1) is 6.92 Å².